The van der Waals surface area contributed by atoms with Gasteiger partial charge in [0.2, 0.25) is 0 Å². The van der Waals surface area contributed by atoms with Crippen molar-refractivity contribution in [2.75, 3.05) is 6.54 Å². The zero-order valence-corrected chi connectivity index (χ0v) is 13.4. The summed E-state index contributed by atoms with van der Waals surface area (Å²) in [7, 11) is 0. The lowest BCUT2D eigenvalue weighted by Gasteiger charge is -2.40. The lowest BCUT2D eigenvalue weighted by atomic mass is 9.65. The van der Waals surface area contributed by atoms with Crippen LogP contribution in [0.5, 0.6) is 5.75 Å². The first-order valence-corrected chi connectivity index (χ1v) is 7.88. The summed E-state index contributed by atoms with van der Waals surface area (Å²) in [5.74, 6) is 2.18. The van der Waals surface area contributed by atoms with E-state index in [2.05, 4.69) is 52.0 Å². The summed E-state index contributed by atoms with van der Waals surface area (Å²) in [4.78, 5) is 0. The van der Waals surface area contributed by atoms with Crippen LogP contribution in [0.3, 0.4) is 0 Å². The quantitative estimate of drug-likeness (QED) is 0.887. The van der Waals surface area contributed by atoms with Gasteiger partial charge in [0.1, 0.15) is 5.75 Å². The van der Waals surface area contributed by atoms with Gasteiger partial charge in [-0.1, -0.05) is 26.0 Å². The van der Waals surface area contributed by atoms with E-state index in [-0.39, 0.29) is 6.10 Å². The summed E-state index contributed by atoms with van der Waals surface area (Å²) in [6.07, 6.45) is 4.00. The molecule has 1 aromatic rings. The first-order valence-electron chi connectivity index (χ1n) is 7.88. The first kappa shape index (κ1) is 15.4. The van der Waals surface area contributed by atoms with Gasteiger partial charge >= 0.3 is 0 Å². The Labute approximate surface area is 123 Å². The molecule has 1 aliphatic rings. The number of rotatable bonds is 4. The second-order valence-corrected chi connectivity index (χ2v) is 7.24. The van der Waals surface area contributed by atoms with Crippen molar-refractivity contribution in [2.45, 2.75) is 59.0 Å². The van der Waals surface area contributed by atoms with Gasteiger partial charge in [-0.05, 0) is 74.6 Å². The molecule has 2 heteroatoms. The standard InChI is InChI=1S/C18H29NO/c1-13(2)20-16-7-5-14(6-8-16)17-11-18(3,4)10-9-15(17)12-19/h5-8,13,15,17H,9-12,19H2,1-4H3. The summed E-state index contributed by atoms with van der Waals surface area (Å²) in [6, 6.07) is 8.66. The number of hydrogen-bond acceptors (Lipinski definition) is 2. The molecule has 0 bridgehead atoms. The van der Waals surface area contributed by atoms with Crippen LogP contribution in [0.4, 0.5) is 0 Å². The zero-order valence-electron chi connectivity index (χ0n) is 13.4. The molecular formula is C18H29NO. The number of ether oxygens (including phenoxy) is 1. The van der Waals surface area contributed by atoms with Crippen molar-refractivity contribution in [1.29, 1.82) is 0 Å². The third-order valence-electron chi connectivity index (χ3n) is 4.52. The molecule has 20 heavy (non-hydrogen) atoms. The molecule has 0 aliphatic heterocycles. The molecule has 1 aliphatic carbocycles. The fourth-order valence-corrected chi connectivity index (χ4v) is 3.38. The molecule has 1 fully saturated rings. The highest BCUT2D eigenvalue weighted by atomic mass is 16.5. The van der Waals surface area contributed by atoms with Gasteiger partial charge in [0.05, 0.1) is 6.10 Å². The molecule has 2 atom stereocenters. The normalized spacial score (nSPS) is 25.7. The van der Waals surface area contributed by atoms with Gasteiger partial charge in [0, 0.05) is 0 Å². The Bertz CT molecular complexity index is 422. The van der Waals surface area contributed by atoms with Gasteiger partial charge in [-0.2, -0.15) is 0 Å². The maximum atomic E-state index is 5.99. The van der Waals surface area contributed by atoms with E-state index in [9.17, 15) is 0 Å². The Hall–Kier alpha value is -1.02. The Balaban J connectivity index is 2.15. The molecule has 0 aromatic heterocycles. The van der Waals surface area contributed by atoms with Crippen molar-refractivity contribution in [1.82, 2.24) is 0 Å². The second kappa shape index (κ2) is 6.17. The Kier molecular flexibility index (Phi) is 4.74. The maximum absolute atomic E-state index is 5.99. The number of benzene rings is 1. The third kappa shape index (κ3) is 3.76. The topological polar surface area (TPSA) is 35.2 Å². The largest absolute Gasteiger partial charge is 0.491 e. The molecule has 0 radical (unpaired) electrons. The highest BCUT2D eigenvalue weighted by Crippen LogP contribution is 2.46. The predicted molar refractivity (Wildman–Crippen MR) is 85.1 cm³/mol. The van der Waals surface area contributed by atoms with Gasteiger partial charge < -0.3 is 10.5 Å². The fourth-order valence-electron chi connectivity index (χ4n) is 3.38. The minimum absolute atomic E-state index is 0.228. The van der Waals surface area contributed by atoms with E-state index in [1.54, 1.807) is 0 Å². The average molecular weight is 275 g/mol. The smallest absolute Gasteiger partial charge is 0.119 e. The molecule has 2 rings (SSSR count). The highest BCUT2D eigenvalue weighted by Gasteiger charge is 2.34. The van der Waals surface area contributed by atoms with E-state index in [4.69, 9.17) is 10.5 Å². The summed E-state index contributed by atoms with van der Waals surface area (Å²) >= 11 is 0. The Morgan fingerprint density at radius 1 is 1.25 bits per heavy atom. The van der Waals surface area contributed by atoms with E-state index in [0.29, 0.717) is 17.3 Å². The van der Waals surface area contributed by atoms with Crippen molar-refractivity contribution in [3.63, 3.8) is 0 Å². The first-order chi connectivity index (χ1) is 9.41. The monoisotopic (exact) mass is 275 g/mol. The van der Waals surface area contributed by atoms with Gasteiger partial charge in [-0.25, -0.2) is 0 Å². The van der Waals surface area contributed by atoms with Crippen molar-refractivity contribution in [3.8, 4) is 5.75 Å². The minimum Gasteiger partial charge on any atom is -0.491 e. The van der Waals surface area contributed by atoms with Crippen LogP contribution < -0.4 is 10.5 Å². The highest BCUT2D eigenvalue weighted by molar-refractivity contribution is 5.30. The van der Waals surface area contributed by atoms with Crippen molar-refractivity contribution >= 4 is 0 Å². The summed E-state index contributed by atoms with van der Waals surface area (Å²) < 4.78 is 5.73. The van der Waals surface area contributed by atoms with Crippen LogP contribution in [0.25, 0.3) is 0 Å². The lowest BCUT2D eigenvalue weighted by molar-refractivity contribution is 0.165. The Morgan fingerprint density at radius 3 is 2.45 bits per heavy atom. The SMILES string of the molecule is CC(C)Oc1ccc(C2CC(C)(C)CCC2CN)cc1. The molecule has 2 N–H and O–H groups in total. The molecule has 1 aromatic carbocycles. The van der Waals surface area contributed by atoms with Crippen LogP contribution in [0, 0.1) is 11.3 Å². The van der Waals surface area contributed by atoms with E-state index in [1.165, 1.54) is 24.8 Å². The van der Waals surface area contributed by atoms with Crippen LogP contribution in [0.15, 0.2) is 24.3 Å². The summed E-state index contributed by atoms with van der Waals surface area (Å²) in [5.41, 5.74) is 7.85. The van der Waals surface area contributed by atoms with Gasteiger partial charge in [-0.3, -0.25) is 0 Å². The van der Waals surface area contributed by atoms with Crippen molar-refractivity contribution < 1.29 is 4.74 Å². The molecule has 2 unspecified atom stereocenters. The van der Waals surface area contributed by atoms with Crippen LogP contribution in [-0.2, 0) is 0 Å². The van der Waals surface area contributed by atoms with Gasteiger partial charge in [-0.15, -0.1) is 0 Å². The molecule has 2 nitrogen and oxygen atoms in total. The van der Waals surface area contributed by atoms with Gasteiger partial charge in [0.15, 0.2) is 0 Å². The second-order valence-electron chi connectivity index (χ2n) is 7.24. The van der Waals surface area contributed by atoms with Crippen molar-refractivity contribution in [2.24, 2.45) is 17.1 Å². The minimum atomic E-state index is 0.228. The third-order valence-corrected chi connectivity index (χ3v) is 4.52. The van der Waals surface area contributed by atoms with Crippen LogP contribution in [-0.4, -0.2) is 12.6 Å². The molecule has 0 spiro atoms. The molecule has 1 saturated carbocycles. The molecule has 112 valence electrons. The maximum Gasteiger partial charge on any atom is 0.119 e. The zero-order chi connectivity index (χ0) is 14.8. The molecule has 0 heterocycles. The molecule has 0 amide bonds. The lowest BCUT2D eigenvalue weighted by Crippen LogP contribution is -2.32. The average Bonchev–Trinajstić information content (AvgIpc) is 2.38. The predicted octanol–water partition coefficient (Wildman–Crippen LogP) is 4.34. The van der Waals surface area contributed by atoms with Crippen LogP contribution in [0.2, 0.25) is 0 Å². The van der Waals surface area contributed by atoms with E-state index in [1.807, 2.05) is 0 Å². The summed E-state index contributed by atoms with van der Waals surface area (Å²) in [6.45, 7) is 9.67. The summed E-state index contributed by atoms with van der Waals surface area (Å²) in [5, 5.41) is 0. The van der Waals surface area contributed by atoms with Crippen LogP contribution in [0.1, 0.15) is 58.4 Å². The number of hydrogen-bond donors (Lipinski definition) is 1. The van der Waals surface area contributed by atoms with Gasteiger partial charge in [0.25, 0.3) is 0 Å². The fraction of sp³-hybridized carbons (Fsp3) is 0.667. The molecule has 0 saturated heterocycles. The van der Waals surface area contributed by atoms with Crippen molar-refractivity contribution in [3.05, 3.63) is 29.8 Å². The number of nitrogens with two attached hydrogens (primary N) is 1. The van der Waals surface area contributed by atoms with E-state index in [0.717, 1.165) is 12.3 Å². The van der Waals surface area contributed by atoms with Crippen LogP contribution >= 0.6 is 0 Å². The Morgan fingerprint density at radius 2 is 1.90 bits per heavy atom. The van der Waals surface area contributed by atoms with E-state index < -0.39 is 0 Å². The molecular weight excluding hydrogens is 246 g/mol. The van der Waals surface area contributed by atoms with E-state index >= 15 is 0 Å².